The average Bonchev–Trinajstić information content (AvgIpc) is 3.19. The summed E-state index contributed by atoms with van der Waals surface area (Å²) in [4.78, 5) is 24.7. The van der Waals surface area contributed by atoms with Gasteiger partial charge >= 0.3 is 11.9 Å². The van der Waals surface area contributed by atoms with Gasteiger partial charge in [-0.15, -0.1) is 15.3 Å². The van der Waals surface area contributed by atoms with E-state index in [0.717, 1.165) is 16.2 Å². The number of esters is 1. The van der Waals surface area contributed by atoms with Gasteiger partial charge in [-0.05, 0) is 61.4 Å². The second-order valence-corrected chi connectivity index (χ2v) is 8.81. The van der Waals surface area contributed by atoms with Crippen LogP contribution in [0, 0.1) is 0 Å². The number of nitrogens with zero attached hydrogens (tertiary/aromatic N) is 6. The lowest BCUT2D eigenvalue weighted by atomic mass is 10.1. The van der Waals surface area contributed by atoms with Crippen LogP contribution in [0.3, 0.4) is 0 Å². The molecular weight excluding hydrogens is 452 g/mol. The molecule has 2 aromatic carbocycles. The van der Waals surface area contributed by atoms with Crippen molar-refractivity contribution in [2.45, 2.75) is 45.9 Å². The van der Waals surface area contributed by atoms with E-state index in [9.17, 15) is 9.59 Å². The van der Waals surface area contributed by atoms with Crippen molar-refractivity contribution in [3.05, 3.63) is 76.6 Å². The molecule has 0 aliphatic rings. The van der Waals surface area contributed by atoms with E-state index in [2.05, 4.69) is 20.5 Å². The van der Waals surface area contributed by atoms with E-state index in [4.69, 9.17) is 21.4 Å². The van der Waals surface area contributed by atoms with Gasteiger partial charge in [-0.25, -0.2) is 20.5 Å². The van der Waals surface area contributed by atoms with Crippen LogP contribution in [-0.4, -0.2) is 53.8 Å². The number of aromatic nitrogens is 4. The molecule has 35 heavy (non-hydrogen) atoms. The molecule has 12 nitrogen and oxygen atoms in total. The SMILES string of the molecule is CC(C)(C)OC(=O)c1cccc(CN(N)/N=C(\N)Cc2nnn(Cc3cccc(C(=O)O)c3)n2)c1. The fourth-order valence-corrected chi connectivity index (χ4v) is 3.10. The number of hydrazine groups is 1. The number of nitrogens with two attached hydrogens (primary N) is 2. The molecule has 0 fully saturated rings. The third-order valence-electron chi connectivity index (χ3n) is 4.49. The lowest BCUT2D eigenvalue weighted by Crippen LogP contribution is -2.30. The van der Waals surface area contributed by atoms with E-state index in [1.165, 1.54) is 10.9 Å². The number of carboxylic acid groups (broad SMARTS) is 1. The molecule has 0 bridgehead atoms. The summed E-state index contributed by atoms with van der Waals surface area (Å²) in [6.07, 6.45) is 0.112. The van der Waals surface area contributed by atoms with Gasteiger partial charge in [-0.2, -0.15) is 4.80 Å². The second kappa shape index (κ2) is 10.7. The van der Waals surface area contributed by atoms with E-state index < -0.39 is 17.5 Å². The second-order valence-electron chi connectivity index (χ2n) is 8.81. The maximum atomic E-state index is 12.3. The Balaban J connectivity index is 1.58. The van der Waals surface area contributed by atoms with Crippen LogP contribution in [-0.2, 0) is 24.2 Å². The Kier molecular flexibility index (Phi) is 7.76. The van der Waals surface area contributed by atoms with Gasteiger partial charge < -0.3 is 15.6 Å². The molecule has 5 N–H and O–H groups in total. The normalized spacial score (nSPS) is 11.8. The Morgan fingerprint density at radius 1 is 1.11 bits per heavy atom. The monoisotopic (exact) mass is 480 g/mol. The first kappa shape index (κ1) is 25.3. The number of benzene rings is 2. The number of hydrazone groups is 1. The first-order valence-electron chi connectivity index (χ1n) is 10.7. The van der Waals surface area contributed by atoms with Crippen LogP contribution >= 0.6 is 0 Å². The topological polar surface area (TPSA) is 175 Å². The molecule has 12 heteroatoms. The van der Waals surface area contributed by atoms with Crippen LogP contribution in [0.1, 0.15) is 58.4 Å². The van der Waals surface area contributed by atoms with Crippen molar-refractivity contribution in [2.75, 3.05) is 0 Å². The summed E-state index contributed by atoms with van der Waals surface area (Å²) in [6, 6.07) is 13.4. The van der Waals surface area contributed by atoms with E-state index in [1.54, 1.807) is 57.2 Å². The Labute approximate surface area is 202 Å². The highest BCUT2D eigenvalue weighted by atomic mass is 16.6. The van der Waals surface area contributed by atoms with Crippen molar-refractivity contribution < 1.29 is 19.4 Å². The number of carbonyl (C=O) groups excluding carboxylic acids is 1. The van der Waals surface area contributed by atoms with Crippen molar-refractivity contribution in [1.29, 1.82) is 0 Å². The van der Waals surface area contributed by atoms with E-state index in [1.807, 2.05) is 6.07 Å². The van der Waals surface area contributed by atoms with Crippen LogP contribution in [0.5, 0.6) is 0 Å². The summed E-state index contributed by atoms with van der Waals surface area (Å²) in [5.41, 5.74) is 7.47. The number of hydrogen-bond acceptors (Lipinski definition) is 9. The third kappa shape index (κ3) is 7.89. The summed E-state index contributed by atoms with van der Waals surface area (Å²) < 4.78 is 5.39. The summed E-state index contributed by atoms with van der Waals surface area (Å²) >= 11 is 0. The average molecular weight is 481 g/mol. The Morgan fingerprint density at radius 3 is 2.46 bits per heavy atom. The molecule has 0 atom stereocenters. The van der Waals surface area contributed by atoms with E-state index in [-0.39, 0.29) is 30.9 Å². The minimum absolute atomic E-state index is 0.112. The summed E-state index contributed by atoms with van der Waals surface area (Å²) in [5, 5.41) is 26.6. The van der Waals surface area contributed by atoms with E-state index >= 15 is 0 Å². The van der Waals surface area contributed by atoms with Gasteiger partial charge in [0.05, 0.1) is 30.6 Å². The molecule has 1 heterocycles. The van der Waals surface area contributed by atoms with Crippen molar-refractivity contribution in [2.24, 2.45) is 16.7 Å². The molecule has 0 saturated carbocycles. The lowest BCUT2D eigenvalue weighted by Gasteiger charge is -2.20. The number of carboxylic acids is 1. The summed E-state index contributed by atoms with van der Waals surface area (Å²) in [6.45, 7) is 5.87. The van der Waals surface area contributed by atoms with Gasteiger partial charge in [0.25, 0.3) is 0 Å². The molecule has 0 amide bonds. The van der Waals surface area contributed by atoms with Crippen molar-refractivity contribution in [3.8, 4) is 0 Å². The largest absolute Gasteiger partial charge is 0.478 e. The predicted molar refractivity (Wildman–Crippen MR) is 127 cm³/mol. The van der Waals surface area contributed by atoms with Crippen LogP contribution in [0.4, 0.5) is 0 Å². The number of amidine groups is 1. The summed E-state index contributed by atoms with van der Waals surface area (Å²) in [7, 11) is 0. The van der Waals surface area contributed by atoms with Crippen molar-refractivity contribution in [3.63, 3.8) is 0 Å². The number of aromatic carboxylic acids is 1. The standard InChI is InChI=1S/C23H28N8O4/c1-23(2,3)35-22(34)18-9-5-6-15(11-18)13-30(25)27-19(24)12-20-26-29-31(28-20)14-16-7-4-8-17(10-16)21(32)33/h4-11H,12-14,25H2,1-3H3,(H2,24,27)(H,32,33). The Morgan fingerprint density at radius 2 is 1.77 bits per heavy atom. The highest BCUT2D eigenvalue weighted by molar-refractivity contribution is 5.90. The van der Waals surface area contributed by atoms with Crippen LogP contribution in [0.2, 0.25) is 0 Å². The first-order valence-corrected chi connectivity index (χ1v) is 10.7. The van der Waals surface area contributed by atoms with E-state index in [0.29, 0.717) is 11.4 Å². The highest BCUT2D eigenvalue weighted by Gasteiger charge is 2.18. The van der Waals surface area contributed by atoms with Crippen LogP contribution in [0.25, 0.3) is 0 Å². The zero-order valence-electron chi connectivity index (χ0n) is 19.8. The molecule has 0 aliphatic carbocycles. The van der Waals surface area contributed by atoms with Gasteiger partial charge in [-0.1, -0.05) is 24.3 Å². The molecule has 3 aromatic rings. The van der Waals surface area contributed by atoms with Gasteiger partial charge in [0.15, 0.2) is 5.82 Å². The maximum Gasteiger partial charge on any atom is 0.338 e. The quantitative estimate of drug-likeness (QED) is 0.134. The molecule has 0 radical (unpaired) electrons. The van der Waals surface area contributed by atoms with Crippen LogP contribution < -0.4 is 11.6 Å². The minimum Gasteiger partial charge on any atom is -0.478 e. The smallest absolute Gasteiger partial charge is 0.338 e. The van der Waals surface area contributed by atoms with Gasteiger partial charge in [0.2, 0.25) is 0 Å². The number of tetrazole rings is 1. The fourth-order valence-electron chi connectivity index (χ4n) is 3.10. The lowest BCUT2D eigenvalue weighted by molar-refractivity contribution is 0.00690. The zero-order valence-corrected chi connectivity index (χ0v) is 19.8. The van der Waals surface area contributed by atoms with Crippen LogP contribution in [0.15, 0.2) is 53.6 Å². The number of carbonyl (C=O) groups is 2. The molecule has 1 aromatic heterocycles. The van der Waals surface area contributed by atoms with Gasteiger partial charge in [-0.3, -0.25) is 0 Å². The maximum absolute atomic E-state index is 12.3. The molecular formula is C23H28N8O4. The molecule has 0 saturated heterocycles. The first-order chi connectivity index (χ1) is 16.5. The molecule has 0 aliphatic heterocycles. The Bertz CT molecular complexity index is 1230. The number of ether oxygens (including phenoxy) is 1. The van der Waals surface area contributed by atoms with Crippen molar-refractivity contribution >= 4 is 17.8 Å². The number of hydrogen-bond donors (Lipinski definition) is 3. The number of rotatable bonds is 9. The van der Waals surface area contributed by atoms with Gasteiger partial charge in [0, 0.05) is 0 Å². The molecule has 3 rings (SSSR count). The Hall–Kier alpha value is -4.32. The third-order valence-corrected chi connectivity index (χ3v) is 4.49. The van der Waals surface area contributed by atoms with Gasteiger partial charge in [0.1, 0.15) is 11.4 Å². The van der Waals surface area contributed by atoms with Crippen molar-refractivity contribution in [1.82, 2.24) is 25.3 Å². The predicted octanol–water partition coefficient (Wildman–Crippen LogP) is 1.57. The summed E-state index contributed by atoms with van der Waals surface area (Å²) in [5.74, 6) is 5.05. The highest BCUT2D eigenvalue weighted by Crippen LogP contribution is 2.14. The zero-order chi connectivity index (χ0) is 25.6. The fraction of sp³-hybridized carbons (Fsp3) is 0.304. The molecule has 184 valence electrons. The minimum atomic E-state index is -1.01. The molecule has 0 unspecified atom stereocenters. The molecule has 0 spiro atoms.